The second-order valence-corrected chi connectivity index (χ2v) is 4.11. The zero-order valence-corrected chi connectivity index (χ0v) is 10.7. The molecule has 2 aromatic rings. The largest absolute Gasteiger partial charge is 0.391 e. The van der Waals surface area contributed by atoms with Crippen LogP contribution in [0.3, 0.4) is 0 Å². The molecule has 98 valence electrons. The zero-order valence-electron chi connectivity index (χ0n) is 10.7. The summed E-state index contributed by atoms with van der Waals surface area (Å²) >= 11 is 0. The lowest BCUT2D eigenvalue weighted by atomic mass is 10.2. The van der Waals surface area contributed by atoms with E-state index in [1.54, 1.807) is 6.21 Å². The molecular formula is C13H14N4O2. The first-order chi connectivity index (χ1) is 9.02. The van der Waals surface area contributed by atoms with E-state index in [1.165, 1.54) is 18.7 Å². The molecule has 2 rings (SSSR count). The lowest BCUT2D eigenvalue weighted by Gasteiger charge is -2.08. The lowest BCUT2D eigenvalue weighted by Crippen LogP contribution is -2.38. The predicted octanol–water partition coefficient (Wildman–Crippen LogP) is 0.417. The minimum absolute atomic E-state index is 0.0446. The average Bonchev–Trinajstić information content (AvgIpc) is 2.44. The van der Waals surface area contributed by atoms with Crippen LogP contribution in [0.5, 0.6) is 0 Å². The second kappa shape index (κ2) is 4.93. The number of aromatic nitrogens is 2. The van der Waals surface area contributed by atoms with Gasteiger partial charge >= 0.3 is 5.69 Å². The molecule has 0 fully saturated rings. The topological polar surface area (TPSA) is 82.4 Å². The van der Waals surface area contributed by atoms with Crippen LogP contribution in [-0.2, 0) is 14.1 Å². The third-order valence-corrected chi connectivity index (χ3v) is 2.80. The van der Waals surface area contributed by atoms with Gasteiger partial charge in [0.2, 0.25) is 0 Å². The highest BCUT2D eigenvalue weighted by Gasteiger charge is 2.11. The van der Waals surface area contributed by atoms with E-state index < -0.39 is 11.2 Å². The van der Waals surface area contributed by atoms with Crippen LogP contribution in [0.2, 0.25) is 0 Å². The maximum Gasteiger partial charge on any atom is 0.332 e. The van der Waals surface area contributed by atoms with Gasteiger partial charge in [0, 0.05) is 20.3 Å². The quantitative estimate of drug-likeness (QED) is 0.792. The highest BCUT2D eigenvalue weighted by molar-refractivity contribution is 5.82. The summed E-state index contributed by atoms with van der Waals surface area (Å²) < 4.78 is 2.20. The molecule has 0 bridgehead atoms. The Morgan fingerprint density at radius 3 is 2.37 bits per heavy atom. The van der Waals surface area contributed by atoms with Gasteiger partial charge in [-0.3, -0.25) is 13.9 Å². The van der Waals surface area contributed by atoms with Crippen molar-refractivity contribution in [2.45, 2.75) is 0 Å². The standard InChI is InChI=1S/C13H14N4O2/c1-16-11(10(14)12(18)17(2)13(16)19)15-8-9-6-4-3-5-7-9/h3-8H,14H2,1-2H3. The molecule has 6 heteroatoms. The minimum Gasteiger partial charge on any atom is -0.391 e. The summed E-state index contributed by atoms with van der Waals surface area (Å²) in [5, 5.41) is 0. The SMILES string of the molecule is Cn1c(N=Cc2ccccc2)c(N)c(=O)n(C)c1=O. The summed E-state index contributed by atoms with van der Waals surface area (Å²) in [6.45, 7) is 0. The molecule has 0 atom stereocenters. The smallest absolute Gasteiger partial charge is 0.332 e. The number of hydrogen-bond acceptors (Lipinski definition) is 4. The number of nitrogens with zero attached hydrogens (tertiary/aromatic N) is 3. The van der Waals surface area contributed by atoms with Gasteiger partial charge in [-0.25, -0.2) is 9.79 Å². The Kier molecular flexibility index (Phi) is 3.33. The van der Waals surface area contributed by atoms with Crippen molar-refractivity contribution in [1.29, 1.82) is 0 Å². The number of benzene rings is 1. The minimum atomic E-state index is -0.539. The number of hydrogen-bond donors (Lipinski definition) is 1. The van der Waals surface area contributed by atoms with E-state index in [2.05, 4.69) is 4.99 Å². The van der Waals surface area contributed by atoms with E-state index in [-0.39, 0.29) is 11.5 Å². The molecule has 19 heavy (non-hydrogen) atoms. The number of nitrogen functional groups attached to an aromatic ring is 1. The Morgan fingerprint density at radius 2 is 1.74 bits per heavy atom. The van der Waals surface area contributed by atoms with Crippen LogP contribution in [0.1, 0.15) is 5.56 Å². The van der Waals surface area contributed by atoms with E-state index in [0.29, 0.717) is 0 Å². The van der Waals surface area contributed by atoms with Gasteiger partial charge in [0.1, 0.15) is 5.69 Å². The van der Waals surface area contributed by atoms with E-state index in [1.807, 2.05) is 30.3 Å². The first-order valence-corrected chi connectivity index (χ1v) is 5.67. The van der Waals surface area contributed by atoms with E-state index in [0.717, 1.165) is 10.1 Å². The van der Waals surface area contributed by atoms with Gasteiger partial charge in [0.05, 0.1) is 0 Å². The number of rotatable bonds is 2. The monoisotopic (exact) mass is 258 g/mol. The molecule has 0 amide bonds. The first kappa shape index (κ1) is 12.8. The Bertz CT molecular complexity index is 704. The predicted molar refractivity (Wildman–Crippen MR) is 75.0 cm³/mol. The molecule has 1 heterocycles. The maximum absolute atomic E-state index is 11.8. The Balaban J connectivity index is 2.56. The molecule has 6 nitrogen and oxygen atoms in total. The van der Waals surface area contributed by atoms with Gasteiger partial charge in [0.25, 0.3) is 5.56 Å². The summed E-state index contributed by atoms with van der Waals surface area (Å²) in [5.41, 5.74) is 5.52. The fourth-order valence-electron chi connectivity index (χ4n) is 1.69. The molecule has 2 N–H and O–H groups in total. The summed E-state index contributed by atoms with van der Waals surface area (Å²) in [4.78, 5) is 27.6. The van der Waals surface area contributed by atoms with Crippen LogP contribution < -0.4 is 17.0 Å². The van der Waals surface area contributed by atoms with E-state index in [4.69, 9.17) is 5.73 Å². The van der Waals surface area contributed by atoms with E-state index >= 15 is 0 Å². The Hall–Kier alpha value is -2.63. The van der Waals surface area contributed by atoms with Crippen molar-refractivity contribution in [3.05, 3.63) is 56.7 Å². The highest BCUT2D eigenvalue weighted by Crippen LogP contribution is 2.14. The third-order valence-electron chi connectivity index (χ3n) is 2.80. The third kappa shape index (κ3) is 2.33. The normalized spacial score (nSPS) is 11.1. The van der Waals surface area contributed by atoms with Gasteiger partial charge in [-0.1, -0.05) is 30.3 Å². The molecule has 0 saturated heterocycles. The fraction of sp³-hybridized carbons (Fsp3) is 0.154. The van der Waals surface area contributed by atoms with Gasteiger partial charge in [-0.05, 0) is 5.56 Å². The van der Waals surface area contributed by atoms with Crippen molar-refractivity contribution in [2.75, 3.05) is 5.73 Å². The molecule has 1 aromatic heterocycles. The summed E-state index contributed by atoms with van der Waals surface area (Å²) in [6, 6.07) is 9.35. The van der Waals surface area contributed by atoms with Crippen molar-refractivity contribution >= 4 is 17.7 Å². The molecule has 1 aromatic carbocycles. The second-order valence-electron chi connectivity index (χ2n) is 4.11. The fourth-order valence-corrected chi connectivity index (χ4v) is 1.69. The number of nitrogens with two attached hydrogens (primary N) is 1. The lowest BCUT2D eigenvalue weighted by molar-refractivity contribution is 0.693. The molecule has 0 aliphatic heterocycles. The zero-order chi connectivity index (χ0) is 14.0. The maximum atomic E-state index is 11.8. The van der Waals surface area contributed by atoms with Crippen molar-refractivity contribution in [2.24, 2.45) is 19.1 Å². The Labute approximate surface area is 109 Å². The summed E-state index contributed by atoms with van der Waals surface area (Å²) in [5.74, 6) is 0.164. The van der Waals surface area contributed by atoms with Crippen molar-refractivity contribution < 1.29 is 0 Å². The summed E-state index contributed by atoms with van der Waals surface area (Å²) in [7, 11) is 2.90. The van der Waals surface area contributed by atoms with Gasteiger partial charge < -0.3 is 5.73 Å². The highest BCUT2D eigenvalue weighted by atomic mass is 16.2. The average molecular weight is 258 g/mol. The van der Waals surface area contributed by atoms with Crippen LogP contribution in [0.15, 0.2) is 44.9 Å². The van der Waals surface area contributed by atoms with Crippen molar-refractivity contribution in [3.8, 4) is 0 Å². The van der Waals surface area contributed by atoms with Crippen LogP contribution in [0, 0.1) is 0 Å². The van der Waals surface area contributed by atoms with Crippen LogP contribution >= 0.6 is 0 Å². The van der Waals surface area contributed by atoms with Crippen LogP contribution in [0.4, 0.5) is 11.5 Å². The molecule has 0 aliphatic rings. The number of anilines is 1. The number of aliphatic imine (C=N–C) groups is 1. The molecule has 0 aliphatic carbocycles. The molecule has 0 radical (unpaired) electrons. The van der Waals surface area contributed by atoms with Gasteiger partial charge in [-0.2, -0.15) is 0 Å². The molecule has 0 saturated carbocycles. The molecule has 0 spiro atoms. The van der Waals surface area contributed by atoms with Crippen molar-refractivity contribution in [3.63, 3.8) is 0 Å². The van der Waals surface area contributed by atoms with Gasteiger partial charge in [0.15, 0.2) is 5.82 Å². The summed E-state index contributed by atoms with van der Waals surface area (Å²) in [6.07, 6.45) is 1.56. The van der Waals surface area contributed by atoms with Crippen molar-refractivity contribution in [1.82, 2.24) is 9.13 Å². The van der Waals surface area contributed by atoms with Crippen LogP contribution in [-0.4, -0.2) is 15.3 Å². The first-order valence-electron chi connectivity index (χ1n) is 5.67. The Morgan fingerprint density at radius 1 is 1.11 bits per heavy atom. The van der Waals surface area contributed by atoms with Gasteiger partial charge in [-0.15, -0.1) is 0 Å². The molecule has 0 unspecified atom stereocenters. The van der Waals surface area contributed by atoms with E-state index in [9.17, 15) is 9.59 Å². The molecular weight excluding hydrogens is 244 g/mol. The van der Waals surface area contributed by atoms with Crippen LogP contribution in [0.25, 0.3) is 0 Å².